The van der Waals surface area contributed by atoms with Crippen LogP contribution in [0.1, 0.15) is 59.3 Å². The van der Waals surface area contributed by atoms with E-state index in [-0.39, 0.29) is 0 Å². The Morgan fingerprint density at radius 3 is 2.53 bits per heavy atom. The quantitative estimate of drug-likeness (QED) is 0.704. The zero-order valence-electron chi connectivity index (χ0n) is 10.9. The van der Waals surface area contributed by atoms with Crippen LogP contribution in [-0.2, 0) is 0 Å². The molecule has 1 aliphatic carbocycles. The maximum atomic E-state index is 3.68. The van der Waals surface area contributed by atoms with Crippen molar-refractivity contribution in [1.29, 1.82) is 0 Å². The number of nitrogens with one attached hydrogen (secondary N) is 1. The first kappa shape index (κ1) is 13.0. The summed E-state index contributed by atoms with van der Waals surface area (Å²) in [4.78, 5) is 0. The van der Waals surface area contributed by atoms with Crippen LogP contribution < -0.4 is 5.32 Å². The van der Waals surface area contributed by atoms with Crippen LogP contribution in [0.2, 0.25) is 0 Å². The SMILES string of the molecule is CCC(CC)CNCC1CCCC(C)C1. The molecule has 2 atom stereocenters. The average molecular weight is 211 g/mol. The van der Waals surface area contributed by atoms with E-state index in [1.165, 1.54) is 51.6 Å². The van der Waals surface area contributed by atoms with Crippen LogP contribution in [0.3, 0.4) is 0 Å². The lowest BCUT2D eigenvalue weighted by Crippen LogP contribution is -2.30. The molecule has 0 bridgehead atoms. The summed E-state index contributed by atoms with van der Waals surface area (Å²) in [6, 6.07) is 0. The predicted octanol–water partition coefficient (Wildman–Crippen LogP) is 3.84. The van der Waals surface area contributed by atoms with Gasteiger partial charge >= 0.3 is 0 Å². The van der Waals surface area contributed by atoms with Crippen molar-refractivity contribution in [3.63, 3.8) is 0 Å². The van der Waals surface area contributed by atoms with E-state index < -0.39 is 0 Å². The Morgan fingerprint density at radius 1 is 1.20 bits per heavy atom. The molecule has 1 N–H and O–H groups in total. The zero-order chi connectivity index (χ0) is 11.1. The molecule has 1 rings (SSSR count). The van der Waals surface area contributed by atoms with Crippen LogP contribution in [0.5, 0.6) is 0 Å². The van der Waals surface area contributed by atoms with E-state index in [1.807, 2.05) is 0 Å². The van der Waals surface area contributed by atoms with E-state index in [9.17, 15) is 0 Å². The Hall–Kier alpha value is -0.0400. The first-order valence-corrected chi connectivity index (χ1v) is 6.96. The molecule has 0 saturated heterocycles. The molecule has 0 aromatic carbocycles. The molecule has 0 aliphatic heterocycles. The summed E-state index contributed by atoms with van der Waals surface area (Å²) in [7, 11) is 0. The lowest BCUT2D eigenvalue weighted by atomic mass is 9.82. The molecule has 15 heavy (non-hydrogen) atoms. The summed E-state index contributed by atoms with van der Waals surface area (Å²) in [6.07, 6.45) is 8.48. The van der Waals surface area contributed by atoms with Gasteiger partial charge in [0.15, 0.2) is 0 Å². The predicted molar refractivity (Wildman–Crippen MR) is 68.1 cm³/mol. The summed E-state index contributed by atoms with van der Waals surface area (Å²) >= 11 is 0. The molecule has 1 aliphatic rings. The van der Waals surface area contributed by atoms with Crippen molar-refractivity contribution < 1.29 is 0 Å². The standard InChI is InChI=1S/C14H29N/c1-4-13(5-2)10-15-11-14-8-6-7-12(3)9-14/h12-15H,4-11H2,1-3H3. The van der Waals surface area contributed by atoms with Crippen molar-refractivity contribution in [1.82, 2.24) is 5.32 Å². The van der Waals surface area contributed by atoms with Crippen molar-refractivity contribution in [2.75, 3.05) is 13.1 Å². The molecule has 1 fully saturated rings. The number of hydrogen-bond donors (Lipinski definition) is 1. The van der Waals surface area contributed by atoms with E-state index in [0.29, 0.717) is 0 Å². The minimum absolute atomic E-state index is 0.894. The van der Waals surface area contributed by atoms with Gasteiger partial charge in [0, 0.05) is 0 Å². The van der Waals surface area contributed by atoms with Crippen LogP contribution in [0.4, 0.5) is 0 Å². The summed E-state index contributed by atoms with van der Waals surface area (Å²) in [5.41, 5.74) is 0. The molecular weight excluding hydrogens is 182 g/mol. The van der Waals surface area contributed by atoms with Gasteiger partial charge in [0.05, 0.1) is 0 Å². The van der Waals surface area contributed by atoms with Crippen molar-refractivity contribution >= 4 is 0 Å². The summed E-state index contributed by atoms with van der Waals surface area (Å²) in [5.74, 6) is 2.83. The highest BCUT2D eigenvalue weighted by Gasteiger charge is 2.18. The van der Waals surface area contributed by atoms with Gasteiger partial charge in [-0.15, -0.1) is 0 Å². The number of hydrogen-bond acceptors (Lipinski definition) is 1. The largest absolute Gasteiger partial charge is 0.316 e. The van der Waals surface area contributed by atoms with Gasteiger partial charge in [-0.25, -0.2) is 0 Å². The van der Waals surface area contributed by atoms with Crippen molar-refractivity contribution in [2.24, 2.45) is 17.8 Å². The first-order valence-electron chi connectivity index (χ1n) is 6.96. The van der Waals surface area contributed by atoms with Crippen molar-refractivity contribution in [2.45, 2.75) is 59.3 Å². The molecule has 1 saturated carbocycles. The lowest BCUT2D eigenvalue weighted by Gasteiger charge is -2.27. The fourth-order valence-electron chi connectivity index (χ4n) is 2.81. The second-order valence-corrected chi connectivity index (χ2v) is 5.48. The van der Waals surface area contributed by atoms with Gasteiger partial charge in [-0.1, -0.05) is 46.5 Å². The Balaban J connectivity index is 2.08. The number of rotatable bonds is 6. The summed E-state index contributed by atoms with van der Waals surface area (Å²) < 4.78 is 0. The van der Waals surface area contributed by atoms with E-state index >= 15 is 0 Å². The third-order valence-corrected chi connectivity index (χ3v) is 4.07. The molecular formula is C14H29N. The summed E-state index contributed by atoms with van der Waals surface area (Å²) in [5, 5.41) is 3.68. The Bertz CT molecular complexity index is 151. The van der Waals surface area contributed by atoms with Gasteiger partial charge in [0.25, 0.3) is 0 Å². The first-order chi connectivity index (χ1) is 7.26. The van der Waals surface area contributed by atoms with Gasteiger partial charge in [-0.3, -0.25) is 0 Å². The molecule has 0 radical (unpaired) electrons. The van der Waals surface area contributed by atoms with Gasteiger partial charge in [-0.2, -0.15) is 0 Å². The highest BCUT2D eigenvalue weighted by molar-refractivity contribution is 4.72. The zero-order valence-corrected chi connectivity index (χ0v) is 10.9. The monoisotopic (exact) mass is 211 g/mol. The highest BCUT2D eigenvalue weighted by atomic mass is 14.9. The molecule has 0 spiro atoms. The smallest absolute Gasteiger partial charge is 0.00203 e. The average Bonchev–Trinajstić information content (AvgIpc) is 2.25. The Morgan fingerprint density at radius 2 is 1.93 bits per heavy atom. The second-order valence-electron chi connectivity index (χ2n) is 5.48. The molecule has 2 unspecified atom stereocenters. The fraction of sp³-hybridized carbons (Fsp3) is 1.00. The molecule has 0 aromatic rings. The maximum Gasteiger partial charge on any atom is -0.00203 e. The van der Waals surface area contributed by atoms with Crippen LogP contribution >= 0.6 is 0 Å². The maximum absolute atomic E-state index is 3.68. The van der Waals surface area contributed by atoms with E-state index in [0.717, 1.165) is 17.8 Å². The summed E-state index contributed by atoms with van der Waals surface area (Å²) in [6.45, 7) is 9.52. The molecule has 0 heterocycles. The van der Waals surface area contributed by atoms with Crippen molar-refractivity contribution in [3.05, 3.63) is 0 Å². The van der Waals surface area contributed by atoms with Gasteiger partial charge in [0.2, 0.25) is 0 Å². The van der Waals surface area contributed by atoms with Crippen LogP contribution in [-0.4, -0.2) is 13.1 Å². The van der Waals surface area contributed by atoms with Crippen LogP contribution in [0, 0.1) is 17.8 Å². The second kappa shape index (κ2) is 7.27. The third-order valence-electron chi connectivity index (χ3n) is 4.07. The fourth-order valence-corrected chi connectivity index (χ4v) is 2.81. The van der Waals surface area contributed by atoms with Gasteiger partial charge in [-0.05, 0) is 43.7 Å². The lowest BCUT2D eigenvalue weighted by molar-refractivity contribution is 0.269. The van der Waals surface area contributed by atoms with E-state index in [2.05, 4.69) is 26.1 Å². The topological polar surface area (TPSA) is 12.0 Å². The van der Waals surface area contributed by atoms with Crippen LogP contribution in [0.15, 0.2) is 0 Å². The van der Waals surface area contributed by atoms with E-state index in [1.54, 1.807) is 0 Å². The van der Waals surface area contributed by atoms with Crippen molar-refractivity contribution in [3.8, 4) is 0 Å². The molecule has 0 amide bonds. The highest BCUT2D eigenvalue weighted by Crippen LogP contribution is 2.27. The van der Waals surface area contributed by atoms with Gasteiger partial charge in [0.1, 0.15) is 0 Å². The van der Waals surface area contributed by atoms with Gasteiger partial charge < -0.3 is 5.32 Å². The Kier molecular flexibility index (Phi) is 6.31. The Labute approximate surface area is 96.0 Å². The molecule has 90 valence electrons. The minimum Gasteiger partial charge on any atom is -0.316 e. The normalized spacial score (nSPS) is 27.2. The third kappa shape index (κ3) is 5.01. The van der Waals surface area contributed by atoms with Crippen LogP contribution in [0.25, 0.3) is 0 Å². The molecule has 1 nitrogen and oxygen atoms in total. The van der Waals surface area contributed by atoms with E-state index in [4.69, 9.17) is 0 Å². The molecule has 1 heteroatoms. The minimum atomic E-state index is 0.894. The molecule has 0 aromatic heterocycles.